The third-order valence-electron chi connectivity index (χ3n) is 6.25. The van der Waals surface area contributed by atoms with Gasteiger partial charge in [0.15, 0.2) is 5.43 Å². The molecular formula is C29H23N3O8S. The Morgan fingerprint density at radius 1 is 0.951 bits per heavy atom. The number of carboxylic acid groups (broad SMARTS) is 1. The number of fused-ring (bicyclic) bond motifs is 2. The lowest BCUT2D eigenvalue weighted by atomic mass is 9.90. The fourth-order valence-electron chi connectivity index (χ4n) is 4.43. The summed E-state index contributed by atoms with van der Waals surface area (Å²) in [5.41, 5.74) is 2.58. The van der Waals surface area contributed by atoms with E-state index in [2.05, 4.69) is 20.0 Å². The van der Waals surface area contributed by atoms with Crippen LogP contribution in [-0.4, -0.2) is 28.8 Å². The van der Waals surface area contributed by atoms with Crippen LogP contribution in [-0.2, 0) is 15.7 Å². The molecule has 2 aliphatic rings. The van der Waals surface area contributed by atoms with Gasteiger partial charge in [-0.05, 0) is 66.1 Å². The zero-order valence-electron chi connectivity index (χ0n) is 21.2. The Kier molecular flexibility index (Phi) is 8.17. The Morgan fingerprint density at radius 2 is 1.73 bits per heavy atom. The van der Waals surface area contributed by atoms with Crippen molar-refractivity contribution in [3.63, 3.8) is 0 Å². The average Bonchev–Trinajstić information content (AvgIpc) is 2.95. The predicted octanol–water partition coefficient (Wildman–Crippen LogP) is 5.16. The van der Waals surface area contributed by atoms with Crippen molar-refractivity contribution in [3.8, 4) is 28.2 Å². The highest BCUT2D eigenvalue weighted by molar-refractivity contribution is 7.94. The second kappa shape index (κ2) is 12.1. The molecule has 0 fully saturated rings. The van der Waals surface area contributed by atoms with E-state index >= 15 is 0 Å². The minimum atomic E-state index is -1.21. The molecule has 5 rings (SSSR count). The zero-order valence-corrected chi connectivity index (χ0v) is 22.1. The molecule has 1 aliphatic heterocycles. The van der Waals surface area contributed by atoms with E-state index in [1.165, 1.54) is 30.3 Å². The van der Waals surface area contributed by atoms with E-state index in [0.29, 0.717) is 35.0 Å². The molecule has 1 heterocycles. The van der Waals surface area contributed by atoms with Crippen molar-refractivity contribution in [3.05, 3.63) is 100 Å². The molecule has 0 radical (unpaired) electrons. The number of aromatic hydroxyl groups is 1. The molecular weight excluding hydrogens is 550 g/mol. The van der Waals surface area contributed by atoms with E-state index in [-0.39, 0.29) is 33.8 Å². The fraction of sp³-hybridized carbons (Fsp3) is 0.0690. The van der Waals surface area contributed by atoms with Gasteiger partial charge >= 0.3 is 12.0 Å². The maximum absolute atomic E-state index is 12.5. The standard InChI is InChI=1S/C29H23N3O8S/c30-39-40-41-20-6-1-16(2-7-20)11-12-31-29(37)32-17-3-8-21(24(13-17)28(35)36)27-22-9-4-18(33)14-25(22)38-26-15-19(34)5-10-23(26)27/h1-10,13-15,33H,11-12,30H2,(H,35,36)(H2,31,32,37). The van der Waals surface area contributed by atoms with Crippen LogP contribution in [0.2, 0.25) is 0 Å². The molecule has 208 valence electrons. The maximum Gasteiger partial charge on any atom is 0.336 e. The molecule has 0 saturated carbocycles. The van der Waals surface area contributed by atoms with E-state index in [4.69, 9.17) is 10.3 Å². The Bertz CT molecular complexity index is 1770. The van der Waals surface area contributed by atoms with E-state index < -0.39 is 12.0 Å². The Labute approximate surface area is 236 Å². The van der Waals surface area contributed by atoms with Crippen LogP contribution in [0.5, 0.6) is 5.75 Å². The number of carbonyl (C=O) groups excluding carboxylic acids is 1. The lowest BCUT2D eigenvalue weighted by Crippen LogP contribution is -2.30. The minimum absolute atomic E-state index is 0.0444. The normalized spacial score (nSPS) is 11.0. The van der Waals surface area contributed by atoms with Crippen molar-refractivity contribution < 1.29 is 33.5 Å². The number of aromatic carboxylic acids is 1. The Morgan fingerprint density at radius 3 is 2.49 bits per heavy atom. The third kappa shape index (κ3) is 6.31. The van der Waals surface area contributed by atoms with E-state index in [1.54, 1.807) is 24.3 Å². The van der Waals surface area contributed by atoms with Crippen LogP contribution < -0.4 is 22.0 Å². The summed E-state index contributed by atoms with van der Waals surface area (Å²) in [6, 6.07) is 20.2. The topological polar surface area (TPSA) is 173 Å². The van der Waals surface area contributed by atoms with E-state index in [9.17, 15) is 24.6 Å². The molecule has 3 aromatic carbocycles. The summed E-state index contributed by atoms with van der Waals surface area (Å²) < 4.78 is 10.4. The number of urea groups is 1. The predicted molar refractivity (Wildman–Crippen MR) is 153 cm³/mol. The maximum atomic E-state index is 12.5. The molecule has 0 unspecified atom stereocenters. The summed E-state index contributed by atoms with van der Waals surface area (Å²) in [7, 11) is 0. The van der Waals surface area contributed by atoms with Gasteiger partial charge in [-0.3, -0.25) is 4.79 Å². The summed E-state index contributed by atoms with van der Waals surface area (Å²) >= 11 is 0.968. The number of rotatable bonds is 9. The largest absolute Gasteiger partial charge is 0.508 e. The van der Waals surface area contributed by atoms with Crippen molar-refractivity contribution in [2.24, 2.45) is 5.90 Å². The number of phenols is 1. The van der Waals surface area contributed by atoms with Crippen molar-refractivity contribution >= 4 is 40.7 Å². The summed E-state index contributed by atoms with van der Waals surface area (Å²) in [6.07, 6.45) is 0.561. The van der Waals surface area contributed by atoms with Crippen LogP contribution >= 0.6 is 12.0 Å². The van der Waals surface area contributed by atoms with Gasteiger partial charge in [-0.25, -0.2) is 9.59 Å². The molecule has 0 spiro atoms. The number of benzene rings is 4. The number of hydrogen-bond donors (Lipinski definition) is 5. The van der Waals surface area contributed by atoms with Gasteiger partial charge in [0.05, 0.1) is 17.6 Å². The molecule has 6 N–H and O–H groups in total. The number of phenolic OH excluding ortho intramolecular Hbond substituents is 1. The summed E-state index contributed by atoms with van der Waals surface area (Å²) in [6.45, 7) is 0.338. The van der Waals surface area contributed by atoms with Gasteiger partial charge in [0.1, 0.15) is 17.1 Å². The van der Waals surface area contributed by atoms with Gasteiger partial charge < -0.3 is 25.3 Å². The number of carbonyl (C=O) groups is 2. The SMILES string of the molecule is NOOSc1ccc(CCNC(=O)Nc2ccc(-c3c4ccc(=O)cc-4oc4cc(O)ccc34)c(C(=O)O)c2)cc1. The monoisotopic (exact) mass is 573 g/mol. The molecule has 41 heavy (non-hydrogen) atoms. The number of carboxylic acids is 1. The highest BCUT2D eigenvalue weighted by atomic mass is 32.2. The lowest BCUT2D eigenvalue weighted by molar-refractivity contribution is -0.195. The molecule has 0 bridgehead atoms. The second-order valence-corrected chi connectivity index (χ2v) is 9.68. The molecule has 12 heteroatoms. The highest BCUT2D eigenvalue weighted by Gasteiger charge is 2.22. The van der Waals surface area contributed by atoms with Crippen molar-refractivity contribution in [1.82, 2.24) is 5.32 Å². The molecule has 3 aromatic rings. The average molecular weight is 574 g/mol. The Balaban J connectivity index is 1.37. The molecule has 2 amide bonds. The quantitative estimate of drug-likeness (QED) is 0.0686. The third-order valence-corrected chi connectivity index (χ3v) is 6.86. The first-order chi connectivity index (χ1) is 19.8. The molecule has 0 aromatic heterocycles. The van der Waals surface area contributed by atoms with Gasteiger partial charge in [-0.15, -0.1) is 9.32 Å². The number of hydrogen-bond acceptors (Lipinski definition) is 9. The van der Waals surface area contributed by atoms with Gasteiger partial charge in [-0.2, -0.15) is 5.90 Å². The lowest BCUT2D eigenvalue weighted by Gasteiger charge is -2.17. The van der Waals surface area contributed by atoms with Crippen molar-refractivity contribution in [1.29, 1.82) is 0 Å². The first kappa shape index (κ1) is 27.7. The van der Waals surface area contributed by atoms with Crippen LogP contribution in [0.4, 0.5) is 10.5 Å². The van der Waals surface area contributed by atoms with Crippen molar-refractivity contribution in [2.45, 2.75) is 11.3 Å². The minimum Gasteiger partial charge on any atom is -0.508 e. The van der Waals surface area contributed by atoms with Crippen LogP contribution in [0.1, 0.15) is 15.9 Å². The van der Waals surface area contributed by atoms with E-state index in [1.807, 2.05) is 24.3 Å². The highest BCUT2D eigenvalue weighted by Crippen LogP contribution is 2.42. The molecule has 0 atom stereocenters. The Hall–Kier alpha value is -4.88. The van der Waals surface area contributed by atoms with Gasteiger partial charge in [0, 0.05) is 45.8 Å². The number of nitrogens with two attached hydrogens (primary N) is 1. The smallest absolute Gasteiger partial charge is 0.336 e. The second-order valence-electron chi connectivity index (χ2n) is 8.90. The first-order valence-electron chi connectivity index (χ1n) is 12.2. The molecule has 11 nitrogen and oxygen atoms in total. The first-order valence-corrected chi connectivity index (χ1v) is 13.0. The molecule has 1 aliphatic carbocycles. The zero-order chi connectivity index (χ0) is 28.9. The van der Waals surface area contributed by atoms with Crippen LogP contribution in [0, 0.1) is 0 Å². The van der Waals surface area contributed by atoms with Crippen LogP contribution in [0.3, 0.4) is 0 Å². The van der Waals surface area contributed by atoms with Gasteiger partial charge in [-0.1, -0.05) is 18.2 Å². The van der Waals surface area contributed by atoms with Crippen LogP contribution in [0.25, 0.3) is 33.4 Å². The van der Waals surface area contributed by atoms with Gasteiger partial charge in [0.2, 0.25) is 0 Å². The fourth-order valence-corrected chi connectivity index (χ4v) is 4.80. The van der Waals surface area contributed by atoms with E-state index in [0.717, 1.165) is 22.5 Å². The number of nitrogens with one attached hydrogen (secondary N) is 2. The summed E-state index contributed by atoms with van der Waals surface area (Å²) in [4.78, 5) is 41.8. The van der Waals surface area contributed by atoms with Crippen molar-refractivity contribution in [2.75, 3.05) is 11.9 Å². The van der Waals surface area contributed by atoms with Gasteiger partial charge in [0.25, 0.3) is 0 Å². The number of amides is 2. The summed E-state index contributed by atoms with van der Waals surface area (Å²) in [5.74, 6) is 3.81. The summed E-state index contributed by atoms with van der Waals surface area (Å²) in [5, 5.41) is 26.0. The number of anilines is 1. The molecule has 0 saturated heterocycles. The van der Waals surface area contributed by atoms with Crippen LogP contribution in [0.15, 0.2) is 93.0 Å².